The molecule has 10 heteroatoms. The van der Waals surface area contributed by atoms with Gasteiger partial charge >= 0.3 is 12.1 Å². The van der Waals surface area contributed by atoms with Crippen LogP contribution in [0.1, 0.15) is 40.4 Å². The molecule has 5 nitrogen and oxygen atoms in total. The second-order valence-electron chi connectivity index (χ2n) is 6.26. The fourth-order valence-electron chi connectivity index (χ4n) is 2.68. The Bertz CT molecular complexity index is 1010. The van der Waals surface area contributed by atoms with Gasteiger partial charge < -0.3 is 5.32 Å². The number of rotatable bonds is 4. The largest absolute Gasteiger partial charge is 0.459 e. The Balaban J connectivity index is 1.98. The highest BCUT2D eigenvalue weighted by Crippen LogP contribution is 2.43. The first kappa shape index (κ1) is 19.7. The van der Waals surface area contributed by atoms with Crippen molar-refractivity contribution in [3.63, 3.8) is 0 Å². The lowest BCUT2D eigenvalue weighted by Gasteiger charge is -2.20. The average molecular weight is 398 g/mol. The second kappa shape index (κ2) is 6.84. The first-order valence-electron chi connectivity index (χ1n) is 8.19. The number of benzene rings is 1. The lowest BCUT2D eigenvalue weighted by molar-refractivity contribution is -0.291. The molecule has 28 heavy (non-hydrogen) atoms. The van der Waals surface area contributed by atoms with Gasteiger partial charge in [0.2, 0.25) is 0 Å². The lowest BCUT2D eigenvalue weighted by Crippen LogP contribution is -2.36. The molecule has 3 rings (SSSR count). The van der Waals surface area contributed by atoms with Crippen molar-refractivity contribution in [2.24, 2.45) is 0 Å². The molecule has 1 unspecified atom stereocenters. The molecule has 148 valence electrons. The topological polar surface area (TPSA) is 59.3 Å². The highest BCUT2D eigenvalue weighted by Gasteiger charge is 2.60. The van der Waals surface area contributed by atoms with Gasteiger partial charge in [-0.1, -0.05) is 30.3 Å². The molecule has 0 radical (unpaired) electrons. The lowest BCUT2D eigenvalue weighted by atomic mass is 10.1. The number of nitrogens with one attached hydrogen (secondary N) is 1. The summed E-state index contributed by atoms with van der Waals surface area (Å²) in [6.07, 6.45) is -5.82. The normalized spacial score (nSPS) is 13.5. The molecule has 1 aromatic carbocycles. The molecule has 1 N–H and O–H groups in total. The predicted molar refractivity (Wildman–Crippen MR) is 90.0 cm³/mol. The van der Waals surface area contributed by atoms with Gasteiger partial charge in [-0.2, -0.15) is 27.1 Å². The molecule has 2 heterocycles. The molecule has 0 bridgehead atoms. The van der Waals surface area contributed by atoms with Crippen molar-refractivity contribution in [1.82, 2.24) is 19.9 Å². The molecule has 1 atom stereocenters. The van der Waals surface area contributed by atoms with E-state index in [9.17, 15) is 26.7 Å². The van der Waals surface area contributed by atoms with E-state index in [1.165, 1.54) is 6.92 Å². The highest BCUT2D eigenvalue weighted by molar-refractivity contribution is 5.93. The van der Waals surface area contributed by atoms with Crippen molar-refractivity contribution >= 4 is 11.6 Å². The van der Waals surface area contributed by atoms with Gasteiger partial charge in [0.15, 0.2) is 11.3 Å². The van der Waals surface area contributed by atoms with Gasteiger partial charge in [-0.25, -0.2) is 9.50 Å². The Morgan fingerprint density at radius 2 is 1.75 bits per heavy atom. The summed E-state index contributed by atoms with van der Waals surface area (Å²) in [5.74, 6) is -5.88. The van der Waals surface area contributed by atoms with Crippen LogP contribution in [0.15, 0.2) is 42.5 Å². The predicted octanol–water partition coefficient (Wildman–Crippen LogP) is 4.18. The third kappa shape index (κ3) is 3.54. The van der Waals surface area contributed by atoms with Crippen LogP contribution in [0.25, 0.3) is 5.65 Å². The number of carbonyl (C=O) groups is 1. The molecule has 0 aliphatic rings. The van der Waals surface area contributed by atoms with E-state index in [1.54, 1.807) is 37.3 Å². The zero-order chi connectivity index (χ0) is 20.7. The summed E-state index contributed by atoms with van der Waals surface area (Å²) in [6, 6.07) is 10.2. The first-order valence-corrected chi connectivity index (χ1v) is 8.19. The third-order valence-electron chi connectivity index (χ3n) is 4.11. The summed E-state index contributed by atoms with van der Waals surface area (Å²) in [5.41, 5.74) is -1.27. The number of aromatic nitrogens is 3. The van der Waals surface area contributed by atoms with Crippen LogP contribution in [0.4, 0.5) is 22.0 Å². The molecule has 0 aliphatic carbocycles. The van der Waals surface area contributed by atoms with Crippen LogP contribution in [0, 0.1) is 6.92 Å². The smallest absolute Gasteiger partial charge is 0.344 e. The van der Waals surface area contributed by atoms with Crippen LogP contribution in [0.2, 0.25) is 0 Å². The standard InChI is InChI=1S/C18H15F5N4O/c1-10-8-14(17(19,20)18(21,22)23)27-15(24-10)9-13(26-27)16(28)25-11(2)12-6-4-3-5-7-12/h3-9,11H,1-2H3,(H,25,28). The monoisotopic (exact) mass is 398 g/mol. The molecule has 0 saturated heterocycles. The van der Waals surface area contributed by atoms with E-state index in [0.717, 1.165) is 11.6 Å². The molecule has 0 saturated carbocycles. The highest BCUT2D eigenvalue weighted by atomic mass is 19.4. The van der Waals surface area contributed by atoms with Crippen molar-refractivity contribution in [2.45, 2.75) is 32.0 Å². The number of fused-ring (bicyclic) bond motifs is 1. The van der Waals surface area contributed by atoms with E-state index in [2.05, 4.69) is 15.4 Å². The van der Waals surface area contributed by atoms with Crippen molar-refractivity contribution in [3.05, 3.63) is 65.1 Å². The van der Waals surface area contributed by atoms with Crippen molar-refractivity contribution in [1.29, 1.82) is 0 Å². The summed E-state index contributed by atoms with van der Waals surface area (Å²) >= 11 is 0. The molecule has 2 aromatic heterocycles. The number of hydrogen-bond acceptors (Lipinski definition) is 3. The molecular weight excluding hydrogens is 383 g/mol. The first-order chi connectivity index (χ1) is 13.0. The van der Waals surface area contributed by atoms with Crippen LogP contribution in [-0.2, 0) is 5.92 Å². The van der Waals surface area contributed by atoms with Crippen LogP contribution in [0.5, 0.6) is 0 Å². The van der Waals surface area contributed by atoms with Crippen LogP contribution in [0.3, 0.4) is 0 Å². The van der Waals surface area contributed by atoms with Crippen molar-refractivity contribution in [3.8, 4) is 0 Å². The fourth-order valence-corrected chi connectivity index (χ4v) is 2.68. The van der Waals surface area contributed by atoms with E-state index in [4.69, 9.17) is 0 Å². The van der Waals surface area contributed by atoms with Gasteiger partial charge in [-0.3, -0.25) is 4.79 Å². The molecule has 0 fully saturated rings. The number of aryl methyl sites for hydroxylation is 1. The summed E-state index contributed by atoms with van der Waals surface area (Å²) in [4.78, 5) is 16.3. The van der Waals surface area contributed by atoms with E-state index in [-0.39, 0.29) is 17.0 Å². The zero-order valence-corrected chi connectivity index (χ0v) is 14.8. The van der Waals surface area contributed by atoms with Gasteiger partial charge in [0.05, 0.1) is 6.04 Å². The van der Waals surface area contributed by atoms with Gasteiger partial charge in [-0.15, -0.1) is 0 Å². The number of hydrogen-bond donors (Lipinski definition) is 1. The van der Waals surface area contributed by atoms with Crippen LogP contribution < -0.4 is 5.32 Å². The number of alkyl halides is 5. The van der Waals surface area contributed by atoms with E-state index in [0.29, 0.717) is 10.6 Å². The molecule has 0 spiro atoms. The molecular formula is C18H15F5N4O. The van der Waals surface area contributed by atoms with Crippen LogP contribution >= 0.6 is 0 Å². The SMILES string of the molecule is Cc1cc(C(F)(F)C(F)(F)F)n2nc(C(=O)NC(C)c3ccccc3)cc2n1. The summed E-state index contributed by atoms with van der Waals surface area (Å²) < 4.78 is 66.6. The zero-order valence-electron chi connectivity index (χ0n) is 14.8. The number of nitrogens with zero attached hydrogens (tertiary/aromatic N) is 3. The minimum atomic E-state index is -5.82. The van der Waals surface area contributed by atoms with Crippen LogP contribution in [-0.4, -0.2) is 26.7 Å². The maximum absolute atomic E-state index is 13.9. The minimum Gasteiger partial charge on any atom is -0.344 e. The molecule has 0 aliphatic heterocycles. The number of amides is 1. The van der Waals surface area contributed by atoms with Crippen molar-refractivity contribution in [2.75, 3.05) is 0 Å². The van der Waals surface area contributed by atoms with Gasteiger partial charge in [0.25, 0.3) is 5.91 Å². The number of halogens is 5. The minimum absolute atomic E-state index is 0.0593. The Morgan fingerprint density at radius 1 is 1.11 bits per heavy atom. The Hall–Kier alpha value is -3.04. The van der Waals surface area contributed by atoms with E-state index >= 15 is 0 Å². The van der Waals surface area contributed by atoms with Gasteiger partial charge in [0.1, 0.15) is 5.69 Å². The molecule has 3 aromatic rings. The van der Waals surface area contributed by atoms with E-state index < -0.39 is 29.7 Å². The Kier molecular flexibility index (Phi) is 4.82. The molecule has 1 amide bonds. The third-order valence-corrected chi connectivity index (χ3v) is 4.11. The quantitative estimate of drug-likeness (QED) is 0.671. The summed E-state index contributed by atoms with van der Waals surface area (Å²) in [6.45, 7) is 2.98. The van der Waals surface area contributed by atoms with Gasteiger partial charge in [0, 0.05) is 11.8 Å². The second-order valence-corrected chi connectivity index (χ2v) is 6.26. The maximum Gasteiger partial charge on any atom is 0.459 e. The Morgan fingerprint density at radius 3 is 2.36 bits per heavy atom. The van der Waals surface area contributed by atoms with Crippen molar-refractivity contribution < 1.29 is 26.7 Å². The Labute approximate surface area is 156 Å². The summed E-state index contributed by atoms with van der Waals surface area (Å²) in [7, 11) is 0. The number of carbonyl (C=O) groups excluding carboxylic acids is 1. The van der Waals surface area contributed by atoms with Gasteiger partial charge in [-0.05, 0) is 25.5 Å². The summed E-state index contributed by atoms with van der Waals surface area (Å²) in [5, 5.41) is 6.27. The average Bonchev–Trinajstić information content (AvgIpc) is 3.04. The fraction of sp³-hybridized carbons (Fsp3) is 0.278. The maximum atomic E-state index is 13.9. The van der Waals surface area contributed by atoms with E-state index in [1.807, 2.05) is 0 Å².